The fourth-order valence-corrected chi connectivity index (χ4v) is 3.99. The van der Waals surface area contributed by atoms with E-state index in [1.165, 1.54) is 7.11 Å². The van der Waals surface area contributed by atoms with Crippen molar-refractivity contribution in [1.29, 1.82) is 0 Å². The number of amides is 1. The number of benzene rings is 2. The first kappa shape index (κ1) is 24.6. The Hall–Kier alpha value is -3.51. The van der Waals surface area contributed by atoms with E-state index in [0.717, 1.165) is 11.3 Å². The monoisotopic (exact) mass is 484 g/mol. The lowest BCUT2D eigenvalue weighted by Gasteiger charge is -2.43. The number of hydrogen-bond acceptors (Lipinski definition) is 9. The molecule has 1 aliphatic heterocycles. The highest BCUT2D eigenvalue weighted by molar-refractivity contribution is 5.85. The summed E-state index contributed by atoms with van der Waals surface area (Å²) >= 11 is 0. The first-order valence-electron chi connectivity index (χ1n) is 11.0. The minimum absolute atomic E-state index is 0.177. The molecule has 0 radical (unpaired) electrons. The molecular weight excluding hydrogens is 456 g/mol. The van der Waals surface area contributed by atoms with Gasteiger partial charge in [-0.15, -0.1) is 5.10 Å². The van der Waals surface area contributed by atoms with Gasteiger partial charge in [-0.25, -0.2) is 14.5 Å². The maximum atomic E-state index is 12.5. The van der Waals surface area contributed by atoms with Crippen LogP contribution in [0.15, 0.2) is 54.9 Å². The Morgan fingerprint density at radius 2 is 1.63 bits per heavy atom. The second-order valence-corrected chi connectivity index (χ2v) is 7.95. The summed E-state index contributed by atoms with van der Waals surface area (Å²) in [5, 5.41) is 16.6. The molecule has 11 heteroatoms. The normalized spacial score (nSPS) is 24.2. The lowest BCUT2D eigenvalue weighted by Crippen LogP contribution is -2.59. The molecule has 11 nitrogen and oxygen atoms in total. The zero-order valence-electron chi connectivity index (χ0n) is 19.8. The zero-order chi connectivity index (χ0) is 24.9. The molecule has 1 aliphatic rings. The first-order valence-corrected chi connectivity index (χ1v) is 11.0. The smallest absolute Gasteiger partial charge is 0.414 e. The number of nitrogens with zero attached hydrogens (tertiary/aromatic N) is 3. The lowest BCUT2D eigenvalue weighted by atomic mass is 9.99. The van der Waals surface area contributed by atoms with Crippen LogP contribution in [0.25, 0.3) is 17.1 Å². The van der Waals surface area contributed by atoms with Crippen LogP contribution in [0.4, 0.5) is 10.5 Å². The number of rotatable bonds is 7. The first-order chi connectivity index (χ1) is 16.9. The van der Waals surface area contributed by atoms with E-state index in [4.69, 9.17) is 23.7 Å². The number of carbonyl (C=O) groups is 1. The highest BCUT2D eigenvalue weighted by Crippen LogP contribution is 2.28. The number of phenolic OH excluding ortho intramolecular Hbond substituents is 1. The average molecular weight is 485 g/mol. The second kappa shape index (κ2) is 10.8. The fourth-order valence-electron chi connectivity index (χ4n) is 3.99. The van der Waals surface area contributed by atoms with Crippen LogP contribution in [0, 0.1) is 0 Å². The third kappa shape index (κ3) is 5.43. The Balaban J connectivity index is 1.39. The number of anilines is 1. The van der Waals surface area contributed by atoms with Crippen molar-refractivity contribution in [2.24, 2.45) is 0 Å². The molecule has 0 spiro atoms. The number of carbonyl (C=O) groups excluding carboxylic acids is 1. The van der Waals surface area contributed by atoms with Crippen molar-refractivity contribution in [1.82, 2.24) is 14.8 Å². The summed E-state index contributed by atoms with van der Waals surface area (Å²) in [6, 6.07) is 13.6. The molecule has 0 aliphatic carbocycles. The number of methoxy groups -OCH3 is 3. The summed E-state index contributed by atoms with van der Waals surface area (Å²) in [6.45, 7) is 1.82. The molecule has 1 amide bonds. The van der Waals surface area contributed by atoms with Crippen molar-refractivity contribution >= 4 is 11.8 Å². The summed E-state index contributed by atoms with van der Waals surface area (Å²) in [6.07, 6.45) is -1.96. The van der Waals surface area contributed by atoms with Gasteiger partial charge in [-0.05, 0) is 55.5 Å². The molecular formula is C24H28N4O7. The molecule has 0 saturated carbocycles. The minimum atomic E-state index is -0.973. The van der Waals surface area contributed by atoms with Crippen LogP contribution in [0.1, 0.15) is 6.92 Å². The van der Waals surface area contributed by atoms with E-state index in [0.29, 0.717) is 11.5 Å². The Morgan fingerprint density at radius 1 is 0.971 bits per heavy atom. The van der Waals surface area contributed by atoms with E-state index in [1.54, 1.807) is 73.8 Å². The van der Waals surface area contributed by atoms with Gasteiger partial charge in [-0.1, -0.05) is 0 Å². The molecule has 0 unspecified atom stereocenters. The topological polar surface area (TPSA) is 126 Å². The van der Waals surface area contributed by atoms with Crippen LogP contribution in [0.3, 0.4) is 0 Å². The zero-order valence-corrected chi connectivity index (χ0v) is 19.8. The standard InChI is InChI=1S/C24H28N4O7/c1-14-19(31-2)20(32-3)21(33-4)23(34-14)35-24(30)26-16-7-5-15(6-8-16)22-25-13-28(27-22)17-9-11-18(29)12-10-17/h5-14,19-21,23,29H,1-4H3,(H,26,30)/t14-,19-,20+,21+,23-/m0/s1. The lowest BCUT2D eigenvalue weighted by molar-refractivity contribution is -0.288. The molecule has 1 aromatic heterocycles. The Kier molecular flexibility index (Phi) is 7.61. The van der Waals surface area contributed by atoms with E-state index >= 15 is 0 Å². The van der Waals surface area contributed by atoms with Gasteiger partial charge in [0.05, 0.1) is 11.8 Å². The Labute approximate surface area is 202 Å². The highest BCUT2D eigenvalue weighted by Gasteiger charge is 2.47. The second-order valence-electron chi connectivity index (χ2n) is 7.95. The van der Waals surface area contributed by atoms with Crippen molar-refractivity contribution in [3.8, 4) is 22.8 Å². The number of hydrogen-bond donors (Lipinski definition) is 2. The molecule has 2 N–H and O–H groups in total. The molecule has 3 aromatic rings. The van der Waals surface area contributed by atoms with Gasteiger partial charge >= 0.3 is 6.09 Å². The summed E-state index contributed by atoms with van der Waals surface area (Å²) in [5.74, 6) is 0.689. The van der Waals surface area contributed by atoms with E-state index in [-0.39, 0.29) is 18.0 Å². The summed E-state index contributed by atoms with van der Waals surface area (Å²) < 4.78 is 29.4. The van der Waals surface area contributed by atoms with Crippen molar-refractivity contribution in [3.63, 3.8) is 0 Å². The number of nitrogens with one attached hydrogen (secondary N) is 1. The fraction of sp³-hybridized carbons (Fsp3) is 0.375. The molecule has 4 rings (SSSR count). The third-order valence-corrected chi connectivity index (χ3v) is 5.76. The van der Waals surface area contributed by atoms with Gasteiger partial charge in [0.1, 0.15) is 30.4 Å². The Bertz CT molecular complexity index is 1120. The van der Waals surface area contributed by atoms with Crippen LogP contribution in [0.2, 0.25) is 0 Å². The largest absolute Gasteiger partial charge is 0.508 e. The summed E-state index contributed by atoms with van der Waals surface area (Å²) in [7, 11) is 4.60. The highest BCUT2D eigenvalue weighted by atomic mass is 16.7. The number of ether oxygens (including phenoxy) is 5. The van der Waals surface area contributed by atoms with E-state index < -0.39 is 24.6 Å². The van der Waals surface area contributed by atoms with Crippen molar-refractivity contribution in [2.45, 2.75) is 37.6 Å². The van der Waals surface area contributed by atoms with Gasteiger partial charge in [-0.2, -0.15) is 0 Å². The maximum Gasteiger partial charge on any atom is 0.414 e. The van der Waals surface area contributed by atoms with Gasteiger partial charge in [0, 0.05) is 32.6 Å². The van der Waals surface area contributed by atoms with Gasteiger partial charge in [0.2, 0.25) is 6.29 Å². The number of aromatic hydroxyl groups is 1. The number of phenols is 1. The molecule has 186 valence electrons. The van der Waals surface area contributed by atoms with Crippen LogP contribution in [-0.4, -0.2) is 78.0 Å². The molecule has 2 aromatic carbocycles. The maximum absolute atomic E-state index is 12.5. The molecule has 1 saturated heterocycles. The van der Waals surface area contributed by atoms with Crippen LogP contribution < -0.4 is 5.32 Å². The molecule has 5 atom stereocenters. The molecule has 35 heavy (non-hydrogen) atoms. The predicted octanol–water partition coefficient (Wildman–Crippen LogP) is 2.98. The minimum Gasteiger partial charge on any atom is -0.508 e. The SMILES string of the molecule is CO[C@@H]1[C@@H](OC)[C@H](C)O[C@@H](OC(=O)Nc2ccc(-c3ncn(-c4ccc(O)cc4)n3)cc2)[C@@H]1OC. The Morgan fingerprint density at radius 3 is 2.26 bits per heavy atom. The summed E-state index contributed by atoms with van der Waals surface area (Å²) in [5.41, 5.74) is 2.05. The van der Waals surface area contributed by atoms with Crippen LogP contribution in [-0.2, 0) is 23.7 Å². The van der Waals surface area contributed by atoms with Crippen LogP contribution >= 0.6 is 0 Å². The van der Waals surface area contributed by atoms with E-state index in [1.807, 2.05) is 6.92 Å². The molecule has 1 fully saturated rings. The summed E-state index contributed by atoms with van der Waals surface area (Å²) in [4.78, 5) is 16.9. The van der Waals surface area contributed by atoms with Gasteiger partial charge in [0.15, 0.2) is 5.82 Å². The predicted molar refractivity (Wildman–Crippen MR) is 125 cm³/mol. The van der Waals surface area contributed by atoms with Crippen LogP contribution in [0.5, 0.6) is 5.75 Å². The molecule has 2 heterocycles. The van der Waals surface area contributed by atoms with E-state index in [2.05, 4.69) is 15.4 Å². The van der Waals surface area contributed by atoms with Crippen molar-refractivity contribution < 1.29 is 33.6 Å². The van der Waals surface area contributed by atoms with Crippen molar-refractivity contribution in [3.05, 3.63) is 54.9 Å². The third-order valence-electron chi connectivity index (χ3n) is 5.76. The quantitative estimate of drug-likeness (QED) is 0.520. The van der Waals surface area contributed by atoms with E-state index in [9.17, 15) is 9.90 Å². The van der Waals surface area contributed by atoms with Gasteiger partial charge in [0.25, 0.3) is 0 Å². The molecule has 0 bridgehead atoms. The van der Waals surface area contributed by atoms with Gasteiger partial charge < -0.3 is 28.8 Å². The van der Waals surface area contributed by atoms with Gasteiger partial charge in [-0.3, -0.25) is 5.32 Å². The van der Waals surface area contributed by atoms with Crippen molar-refractivity contribution in [2.75, 3.05) is 26.6 Å². The number of aromatic nitrogens is 3. The average Bonchev–Trinajstić information content (AvgIpc) is 3.34.